The fourth-order valence-corrected chi connectivity index (χ4v) is 2.89. The third-order valence-electron chi connectivity index (χ3n) is 4.41. The van der Waals surface area contributed by atoms with Crippen LogP contribution in [0.1, 0.15) is 28.4 Å². The third-order valence-corrected chi connectivity index (χ3v) is 4.41. The van der Waals surface area contributed by atoms with Crippen LogP contribution >= 0.6 is 0 Å². The molecule has 0 fully saturated rings. The van der Waals surface area contributed by atoms with Gasteiger partial charge in [-0.25, -0.2) is 0 Å². The smallest absolute Gasteiger partial charge is 0.269 e. The number of nitrogens with one attached hydrogen (secondary N) is 1. The van der Waals surface area contributed by atoms with Gasteiger partial charge in [-0.05, 0) is 17.7 Å². The number of carbonyl (C=O) groups excluding carboxylic acids is 1. The number of ketones is 1. The summed E-state index contributed by atoms with van der Waals surface area (Å²) in [5.41, 5.74) is 1.77. The van der Waals surface area contributed by atoms with E-state index in [1.807, 2.05) is 6.07 Å². The minimum Gasteiger partial charge on any atom is -0.378 e. The SMILES string of the molecule is O=C(CC(Nc1ccc([N+](=O)[O-])cc1)c1ccc([N+](=O)[O-])cc1)c1ccccc1. The van der Waals surface area contributed by atoms with E-state index in [0.29, 0.717) is 16.8 Å². The van der Waals surface area contributed by atoms with Gasteiger partial charge in [0.05, 0.1) is 15.9 Å². The average Bonchev–Trinajstić information content (AvgIpc) is 2.74. The summed E-state index contributed by atoms with van der Waals surface area (Å²) in [5, 5.41) is 24.9. The molecule has 3 rings (SSSR count). The van der Waals surface area contributed by atoms with Crippen molar-refractivity contribution in [3.8, 4) is 0 Å². The first-order chi connectivity index (χ1) is 13.9. The monoisotopic (exact) mass is 391 g/mol. The molecule has 0 aliphatic rings. The van der Waals surface area contributed by atoms with Gasteiger partial charge in [0.1, 0.15) is 0 Å². The Morgan fingerprint density at radius 2 is 1.31 bits per heavy atom. The Bertz CT molecular complexity index is 1020. The Hall–Kier alpha value is -4.07. The summed E-state index contributed by atoms with van der Waals surface area (Å²) < 4.78 is 0. The highest BCUT2D eigenvalue weighted by molar-refractivity contribution is 5.96. The van der Waals surface area contributed by atoms with Crippen LogP contribution < -0.4 is 5.32 Å². The Morgan fingerprint density at radius 1 is 0.793 bits per heavy atom. The Morgan fingerprint density at radius 3 is 1.83 bits per heavy atom. The molecule has 1 unspecified atom stereocenters. The van der Waals surface area contributed by atoms with Crippen LogP contribution in [0, 0.1) is 20.2 Å². The van der Waals surface area contributed by atoms with Crippen molar-refractivity contribution in [3.05, 3.63) is 110 Å². The number of nitro benzene ring substituents is 2. The maximum absolute atomic E-state index is 12.7. The molecule has 29 heavy (non-hydrogen) atoms. The van der Waals surface area contributed by atoms with Crippen molar-refractivity contribution >= 4 is 22.8 Å². The van der Waals surface area contributed by atoms with Crippen LogP contribution in [0.4, 0.5) is 17.1 Å². The van der Waals surface area contributed by atoms with E-state index in [2.05, 4.69) is 5.32 Å². The zero-order valence-electron chi connectivity index (χ0n) is 15.2. The lowest BCUT2D eigenvalue weighted by Gasteiger charge is -2.20. The van der Waals surface area contributed by atoms with Crippen molar-refractivity contribution < 1.29 is 14.6 Å². The Labute approximate surface area is 166 Å². The van der Waals surface area contributed by atoms with Gasteiger partial charge in [0.15, 0.2) is 5.78 Å². The average molecular weight is 391 g/mol. The van der Waals surface area contributed by atoms with Crippen LogP contribution in [-0.2, 0) is 0 Å². The van der Waals surface area contributed by atoms with Crippen molar-refractivity contribution in [2.75, 3.05) is 5.32 Å². The molecule has 0 heterocycles. The second kappa shape index (κ2) is 8.75. The number of non-ortho nitro benzene ring substituents is 2. The van der Waals surface area contributed by atoms with E-state index in [1.54, 1.807) is 48.5 Å². The molecule has 1 atom stereocenters. The molecule has 0 amide bonds. The predicted octanol–water partition coefficient (Wildman–Crippen LogP) is 4.93. The molecule has 0 spiro atoms. The summed E-state index contributed by atoms with van der Waals surface area (Å²) in [6.07, 6.45) is 0.110. The topological polar surface area (TPSA) is 115 Å². The molecule has 146 valence electrons. The van der Waals surface area contributed by atoms with Crippen molar-refractivity contribution in [2.24, 2.45) is 0 Å². The fraction of sp³-hybridized carbons (Fsp3) is 0.0952. The summed E-state index contributed by atoms with van der Waals surface area (Å²) in [4.78, 5) is 33.5. The highest BCUT2D eigenvalue weighted by atomic mass is 16.6. The van der Waals surface area contributed by atoms with Crippen LogP contribution in [0.5, 0.6) is 0 Å². The van der Waals surface area contributed by atoms with Gasteiger partial charge in [0.25, 0.3) is 11.4 Å². The van der Waals surface area contributed by atoms with Crippen LogP contribution in [-0.4, -0.2) is 15.6 Å². The van der Waals surface area contributed by atoms with E-state index in [0.717, 1.165) is 0 Å². The van der Waals surface area contributed by atoms with Crippen molar-refractivity contribution in [3.63, 3.8) is 0 Å². The molecule has 0 radical (unpaired) electrons. The number of rotatable bonds is 8. The molecule has 1 N–H and O–H groups in total. The molecule has 0 saturated heterocycles. The number of carbonyl (C=O) groups is 1. The first-order valence-corrected chi connectivity index (χ1v) is 8.77. The van der Waals surface area contributed by atoms with E-state index in [-0.39, 0.29) is 23.6 Å². The molecule has 0 aromatic heterocycles. The highest BCUT2D eigenvalue weighted by Crippen LogP contribution is 2.27. The van der Waals surface area contributed by atoms with Gasteiger partial charge in [-0.15, -0.1) is 0 Å². The van der Waals surface area contributed by atoms with Crippen LogP contribution in [0.2, 0.25) is 0 Å². The summed E-state index contributed by atoms with van der Waals surface area (Å²) >= 11 is 0. The summed E-state index contributed by atoms with van der Waals surface area (Å²) in [5.74, 6) is -0.0941. The minimum absolute atomic E-state index is 0.0391. The number of nitro groups is 2. The minimum atomic E-state index is -0.490. The quantitative estimate of drug-likeness (QED) is 0.331. The summed E-state index contributed by atoms with van der Waals surface area (Å²) in [6.45, 7) is 0. The van der Waals surface area contributed by atoms with Crippen LogP contribution in [0.15, 0.2) is 78.9 Å². The molecule has 8 heteroatoms. The van der Waals surface area contributed by atoms with Gasteiger partial charge in [-0.1, -0.05) is 42.5 Å². The largest absolute Gasteiger partial charge is 0.378 e. The van der Waals surface area contributed by atoms with Gasteiger partial charge in [0, 0.05) is 41.9 Å². The second-order valence-corrected chi connectivity index (χ2v) is 6.34. The van der Waals surface area contributed by atoms with Crippen LogP contribution in [0.3, 0.4) is 0 Å². The second-order valence-electron chi connectivity index (χ2n) is 6.34. The lowest BCUT2D eigenvalue weighted by molar-refractivity contribution is -0.385. The molecule has 3 aromatic rings. The molecular formula is C21H17N3O5. The maximum atomic E-state index is 12.7. The number of hydrogen-bond acceptors (Lipinski definition) is 6. The predicted molar refractivity (Wildman–Crippen MR) is 108 cm³/mol. The van der Waals surface area contributed by atoms with E-state index >= 15 is 0 Å². The van der Waals surface area contributed by atoms with E-state index in [1.165, 1.54) is 24.3 Å². The molecule has 0 aliphatic heterocycles. The molecule has 0 saturated carbocycles. The zero-order chi connectivity index (χ0) is 20.8. The van der Waals surface area contributed by atoms with Crippen molar-refractivity contribution in [1.29, 1.82) is 0 Å². The number of anilines is 1. The van der Waals surface area contributed by atoms with Crippen molar-refractivity contribution in [1.82, 2.24) is 0 Å². The number of nitrogens with zero attached hydrogens (tertiary/aromatic N) is 2. The molecule has 8 nitrogen and oxygen atoms in total. The van der Waals surface area contributed by atoms with Gasteiger partial charge in [-0.3, -0.25) is 25.0 Å². The maximum Gasteiger partial charge on any atom is 0.269 e. The van der Waals surface area contributed by atoms with Gasteiger partial charge < -0.3 is 5.32 Å². The summed E-state index contributed by atoms with van der Waals surface area (Å²) in [7, 11) is 0. The third kappa shape index (κ3) is 5.01. The highest BCUT2D eigenvalue weighted by Gasteiger charge is 2.19. The Balaban J connectivity index is 1.86. The standard InChI is InChI=1S/C21H17N3O5/c25-21(16-4-2-1-3-5-16)14-20(15-6-10-18(11-7-15)23(26)27)22-17-8-12-19(13-9-17)24(28)29/h1-13,20,22H,14H2. The molecule has 3 aromatic carbocycles. The number of Topliss-reactive ketones (excluding diaryl/α,β-unsaturated/α-hetero) is 1. The van der Waals surface area contributed by atoms with Gasteiger partial charge >= 0.3 is 0 Å². The first kappa shape index (κ1) is 19.7. The summed E-state index contributed by atoms with van der Waals surface area (Å²) in [6, 6.07) is 20.2. The number of benzene rings is 3. The zero-order valence-corrected chi connectivity index (χ0v) is 15.2. The lowest BCUT2D eigenvalue weighted by atomic mass is 9.97. The first-order valence-electron chi connectivity index (χ1n) is 8.77. The number of hydrogen-bond donors (Lipinski definition) is 1. The van der Waals surface area contributed by atoms with Crippen LogP contribution in [0.25, 0.3) is 0 Å². The molecule has 0 aliphatic carbocycles. The van der Waals surface area contributed by atoms with Gasteiger partial charge in [-0.2, -0.15) is 0 Å². The lowest BCUT2D eigenvalue weighted by Crippen LogP contribution is -2.16. The molecule has 0 bridgehead atoms. The normalized spacial score (nSPS) is 11.4. The van der Waals surface area contributed by atoms with Crippen molar-refractivity contribution in [2.45, 2.75) is 12.5 Å². The van der Waals surface area contributed by atoms with Gasteiger partial charge in [0.2, 0.25) is 0 Å². The van der Waals surface area contributed by atoms with E-state index in [9.17, 15) is 25.0 Å². The Kier molecular flexibility index (Phi) is 5.94. The fourth-order valence-electron chi connectivity index (χ4n) is 2.89. The van der Waals surface area contributed by atoms with E-state index < -0.39 is 15.9 Å². The molecular weight excluding hydrogens is 374 g/mol. The van der Waals surface area contributed by atoms with E-state index in [4.69, 9.17) is 0 Å².